The van der Waals surface area contributed by atoms with E-state index in [-0.39, 0.29) is 6.42 Å². The van der Waals surface area contributed by atoms with Gasteiger partial charge < -0.3 is 26.0 Å². The summed E-state index contributed by atoms with van der Waals surface area (Å²) in [5, 5.41) is 16.3. The summed E-state index contributed by atoms with van der Waals surface area (Å²) in [4.78, 5) is 41.7. The van der Waals surface area contributed by atoms with E-state index >= 15 is 0 Å². The van der Waals surface area contributed by atoms with Crippen molar-refractivity contribution in [3.8, 4) is 0 Å². The van der Waals surface area contributed by atoms with Gasteiger partial charge in [0.25, 0.3) is 0 Å². The number of aromatic amines is 1. The summed E-state index contributed by atoms with van der Waals surface area (Å²) in [6.07, 6.45) is 12.7. The van der Waals surface area contributed by atoms with Crippen LogP contribution >= 0.6 is 0 Å². The molecule has 0 unspecified atom stereocenters. The van der Waals surface area contributed by atoms with Crippen LogP contribution in [-0.4, -0.2) is 52.1 Å². The van der Waals surface area contributed by atoms with Crippen molar-refractivity contribution in [1.82, 2.24) is 25.9 Å². The quantitative estimate of drug-likeness (QED) is 0.289. The van der Waals surface area contributed by atoms with Crippen molar-refractivity contribution in [2.45, 2.75) is 70.8 Å². The predicted octanol–water partition coefficient (Wildman–Crippen LogP) is 1.96. The molecule has 3 amide bonds. The Hall–Kier alpha value is -2.58. The number of carboxylic acids is 1. The van der Waals surface area contributed by atoms with Gasteiger partial charge in [0.2, 0.25) is 5.91 Å². The number of aromatic nitrogens is 2. The van der Waals surface area contributed by atoms with Gasteiger partial charge in [-0.15, -0.1) is 0 Å². The molecule has 28 heavy (non-hydrogen) atoms. The molecule has 1 aromatic heterocycles. The summed E-state index contributed by atoms with van der Waals surface area (Å²) < 4.78 is 0. The molecule has 0 fully saturated rings. The number of hydrogen-bond acceptors (Lipinski definition) is 4. The summed E-state index contributed by atoms with van der Waals surface area (Å²) in [5.74, 6) is -1.71. The van der Waals surface area contributed by atoms with Crippen LogP contribution in [0.3, 0.4) is 0 Å². The molecule has 0 aliphatic carbocycles. The van der Waals surface area contributed by atoms with E-state index in [9.17, 15) is 14.4 Å². The number of imidazole rings is 1. The van der Waals surface area contributed by atoms with Crippen molar-refractivity contribution in [1.29, 1.82) is 0 Å². The van der Waals surface area contributed by atoms with Gasteiger partial charge in [-0.05, 0) is 6.42 Å². The van der Waals surface area contributed by atoms with Crippen LogP contribution in [0.5, 0.6) is 0 Å². The predicted molar refractivity (Wildman–Crippen MR) is 106 cm³/mol. The molecule has 0 aliphatic heterocycles. The SMILES string of the molecule is CCCCCCCCCCNC(=O)N[C@@H](Cc1c[nH]cn1)C(=O)NCC(=O)O. The van der Waals surface area contributed by atoms with E-state index in [4.69, 9.17) is 5.11 Å². The van der Waals surface area contributed by atoms with Crippen LogP contribution in [0.4, 0.5) is 4.79 Å². The third kappa shape index (κ3) is 11.2. The molecule has 0 aliphatic rings. The van der Waals surface area contributed by atoms with Gasteiger partial charge in [0, 0.05) is 19.2 Å². The lowest BCUT2D eigenvalue weighted by molar-refractivity contribution is -0.138. The smallest absolute Gasteiger partial charge is 0.322 e. The van der Waals surface area contributed by atoms with E-state index in [1.54, 1.807) is 6.20 Å². The van der Waals surface area contributed by atoms with Gasteiger partial charge in [0.15, 0.2) is 0 Å². The third-order valence-corrected chi connectivity index (χ3v) is 4.32. The average Bonchev–Trinajstić information content (AvgIpc) is 3.17. The monoisotopic (exact) mass is 395 g/mol. The summed E-state index contributed by atoms with van der Waals surface area (Å²) in [7, 11) is 0. The van der Waals surface area contributed by atoms with E-state index in [0.29, 0.717) is 12.2 Å². The molecule has 9 heteroatoms. The minimum Gasteiger partial charge on any atom is -0.480 e. The lowest BCUT2D eigenvalue weighted by Gasteiger charge is -2.17. The highest BCUT2D eigenvalue weighted by Gasteiger charge is 2.22. The minimum absolute atomic E-state index is 0.167. The number of H-pyrrole nitrogens is 1. The summed E-state index contributed by atoms with van der Waals surface area (Å²) >= 11 is 0. The number of urea groups is 1. The zero-order chi connectivity index (χ0) is 20.6. The van der Waals surface area contributed by atoms with Crippen molar-refractivity contribution in [3.63, 3.8) is 0 Å². The van der Waals surface area contributed by atoms with Crippen molar-refractivity contribution in [2.75, 3.05) is 13.1 Å². The molecule has 0 saturated carbocycles. The fraction of sp³-hybridized carbons (Fsp3) is 0.684. The van der Waals surface area contributed by atoms with Crippen molar-refractivity contribution < 1.29 is 19.5 Å². The molecular weight excluding hydrogens is 362 g/mol. The second-order valence-corrected chi connectivity index (χ2v) is 6.80. The Balaban J connectivity index is 2.29. The van der Waals surface area contributed by atoms with Crippen LogP contribution in [0.2, 0.25) is 0 Å². The van der Waals surface area contributed by atoms with Gasteiger partial charge in [0.05, 0.1) is 12.0 Å². The zero-order valence-electron chi connectivity index (χ0n) is 16.6. The maximum Gasteiger partial charge on any atom is 0.322 e. The highest BCUT2D eigenvalue weighted by molar-refractivity contribution is 5.89. The largest absolute Gasteiger partial charge is 0.480 e. The minimum atomic E-state index is -1.15. The van der Waals surface area contributed by atoms with Gasteiger partial charge in [-0.1, -0.05) is 51.9 Å². The summed E-state index contributed by atoms with van der Waals surface area (Å²) in [5.41, 5.74) is 0.596. The molecule has 5 N–H and O–H groups in total. The molecule has 1 aromatic rings. The maximum absolute atomic E-state index is 12.2. The van der Waals surface area contributed by atoms with Crippen molar-refractivity contribution in [3.05, 3.63) is 18.2 Å². The third-order valence-electron chi connectivity index (χ3n) is 4.32. The topological polar surface area (TPSA) is 136 Å². The molecule has 0 radical (unpaired) electrons. The number of nitrogens with one attached hydrogen (secondary N) is 4. The van der Waals surface area contributed by atoms with Crippen molar-refractivity contribution in [2.24, 2.45) is 0 Å². The molecule has 0 spiro atoms. The highest BCUT2D eigenvalue weighted by atomic mass is 16.4. The second-order valence-electron chi connectivity index (χ2n) is 6.80. The van der Waals surface area contributed by atoms with Crippen LogP contribution in [0, 0.1) is 0 Å². The Morgan fingerprint density at radius 1 is 1.07 bits per heavy atom. The normalized spacial score (nSPS) is 11.6. The van der Waals surface area contributed by atoms with Crippen LogP contribution in [0.25, 0.3) is 0 Å². The Kier molecular flexibility index (Phi) is 12.1. The van der Waals surface area contributed by atoms with Gasteiger partial charge in [-0.2, -0.15) is 0 Å². The first-order chi connectivity index (χ1) is 13.5. The van der Waals surface area contributed by atoms with Gasteiger partial charge >= 0.3 is 12.0 Å². The lowest BCUT2D eigenvalue weighted by atomic mass is 10.1. The first-order valence-electron chi connectivity index (χ1n) is 10.0. The van der Waals surface area contributed by atoms with Crippen LogP contribution < -0.4 is 16.0 Å². The van der Waals surface area contributed by atoms with E-state index in [2.05, 4.69) is 32.8 Å². The fourth-order valence-electron chi connectivity index (χ4n) is 2.78. The van der Waals surface area contributed by atoms with E-state index < -0.39 is 30.5 Å². The number of aliphatic carboxylic acids is 1. The van der Waals surface area contributed by atoms with Crippen LogP contribution in [-0.2, 0) is 16.0 Å². The molecule has 0 aromatic carbocycles. The molecule has 1 rings (SSSR count). The standard InChI is InChI=1S/C19H33N5O4/c1-2-3-4-5-6-7-8-9-10-21-19(28)24-16(11-15-12-20-14-23-15)18(27)22-13-17(25)26/h12,14,16H,2-11,13H2,1H3,(H,20,23)(H,22,27)(H,25,26)(H2,21,24,28)/t16-/m0/s1. The van der Waals surface area contributed by atoms with E-state index in [1.165, 1.54) is 38.4 Å². The molecular formula is C19H33N5O4. The van der Waals surface area contributed by atoms with Gasteiger partial charge in [-0.3, -0.25) is 9.59 Å². The maximum atomic E-state index is 12.2. The number of unbranched alkanes of at least 4 members (excludes halogenated alkanes) is 7. The Morgan fingerprint density at radius 2 is 1.75 bits per heavy atom. The fourth-order valence-corrected chi connectivity index (χ4v) is 2.78. The number of carboxylic acid groups (broad SMARTS) is 1. The van der Waals surface area contributed by atoms with Crippen molar-refractivity contribution >= 4 is 17.9 Å². The molecule has 9 nitrogen and oxygen atoms in total. The lowest BCUT2D eigenvalue weighted by Crippen LogP contribution is -2.52. The Labute approximate surface area is 166 Å². The van der Waals surface area contributed by atoms with Gasteiger partial charge in [0.1, 0.15) is 12.6 Å². The molecule has 1 atom stereocenters. The number of nitrogens with zero attached hydrogens (tertiary/aromatic N) is 1. The number of hydrogen-bond donors (Lipinski definition) is 5. The van der Waals surface area contributed by atoms with E-state index in [0.717, 1.165) is 19.3 Å². The Morgan fingerprint density at radius 3 is 2.36 bits per heavy atom. The summed E-state index contributed by atoms with van der Waals surface area (Å²) in [6, 6.07) is -1.35. The second kappa shape index (κ2) is 14.5. The average molecular weight is 396 g/mol. The first kappa shape index (κ1) is 23.5. The molecule has 1 heterocycles. The number of rotatable bonds is 15. The Bertz CT molecular complexity index is 577. The summed E-state index contributed by atoms with van der Waals surface area (Å²) in [6.45, 7) is 2.23. The molecule has 158 valence electrons. The van der Waals surface area contributed by atoms with Crippen LogP contribution in [0.1, 0.15) is 64.0 Å². The van der Waals surface area contributed by atoms with Gasteiger partial charge in [-0.25, -0.2) is 9.78 Å². The molecule has 0 saturated heterocycles. The first-order valence-corrected chi connectivity index (χ1v) is 10.0. The number of carbonyl (C=O) groups excluding carboxylic acids is 2. The van der Waals surface area contributed by atoms with E-state index in [1.807, 2.05) is 0 Å². The number of carbonyl (C=O) groups is 3. The van der Waals surface area contributed by atoms with Crippen LogP contribution in [0.15, 0.2) is 12.5 Å². The highest BCUT2D eigenvalue weighted by Crippen LogP contribution is 2.07. The zero-order valence-corrected chi connectivity index (χ0v) is 16.6. The number of amides is 3. The molecule has 0 bridgehead atoms.